The summed E-state index contributed by atoms with van der Waals surface area (Å²) >= 11 is 0. The maximum atomic E-state index is 4.38. The van der Waals surface area contributed by atoms with E-state index in [0.717, 1.165) is 19.4 Å². The summed E-state index contributed by atoms with van der Waals surface area (Å²) in [6.45, 7) is 9.99. The predicted molar refractivity (Wildman–Crippen MR) is 68.4 cm³/mol. The van der Waals surface area contributed by atoms with Crippen LogP contribution in [0.4, 0.5) is 0 Å². The van der Waals surface area contributed by atoms with E-state index in [9.17, 15) is 0 Å². The van der Waals surface area contributed by atoms with Gasteiger partial charge in [0.25, 0.3) is 0 Å². The SMILES string of the molecule is CCCn1cc(C(CC(C)(C)C)NC)cn1. The van der Waals surface area contributed by atoms with Gasteiger partial charge in [-0.15, -0.1) is 0 Å². The van der Waals surface area contributed by atoms with E-state index in [2.05, 4.69) is 44.3 Å². The Labute approximate surface area is 99.2 Å². The van der Waals surface area contributed by atoms with Crippen molar-refractivity contribution in [3.8, 4) is 0 Å². The van der Waals surface area contributed by atoms with Crippen LogP contribution in [0, 0.1) is 5.41 Å². The molecule has 0 aliphatic heterocycles. The Kier molecular flexibility index (Phi) is 4.54. The van der Waals surface area contributed by atoms with Crippen molar-refractivity contribution >= 4 is 0 Å². The average Bonchev–Trinajstić information content (AvgIpc) is 2.62. The molecule has 0 aliphatic rings. The van der Waals surface area contributed by atoms with Crippen LogP contribution in [0.15, 0.2) is 12.4 Å². The zero-order valence-corrected chi connectivity index (χ0v) is 11.2. The lowest BCUT2D eigenvalue weighted by molar-refractivity contribution is 0.320. The van der Waals surface area contributed by atoms with Crippen LogP contribution >= 0.6 is 0 Å². The second-order valence-electron chi connectivity index (χ2n) is 5.64. The first-order valence-electron chi connectivity index (χ1n) is 6.16. The lowest BCUT2D eigenvalue weighted by Crippen LogP contribution is -2.22. The highest BCUT2D eigenvalue weighted by Gasteiger charge is 2.19. The first-order chi connectivity index (χ1) is 7.46. The molecule has 0 aromatic carbocycles. The summed E-state index contributed by atoms with van der Waals surface area (Å²) in [5, 5.41) is 7.76. The van der Waals surface area contributed by atoms with Crippen LogP contribution in [0.2, 0.25) is 0 Å². The fraction of sp³-hybridized carbons (Fsp3) is 0.769. The van der Waals surface area contributed by atoms with Crippen molar-refractivity contribution in [2.24, 2.45) is 5.41 Å². The molecule has 0 saturated heterocycles. The van der Waals surface area contributed by atoms with Gasteiger partial charge in [0.05, 0.1) is 6.20 Å². The van der Waals surface area contributed by atoms with Gasteiger partial charge in [0.2, 0.25) is 0 Å². The molecule has 0 saturated carbocycles. The standard InChI is InChI=1S/C13H25N3/c1-6-7-16-10-11(9-15-16)12(14-5)8-13(2,3)4/h9-10,12,14H,6-8H2,1-5H3. The van der Waals surface area contributed by atoms with Gasteiger partial charge in [0.15, 0.2) is 0 Å². The maximum absolute atomic E-state index is 4.38. The Morgan fingerprint density at radius 2 is 2.12 bits per heavy atom. The molecule has 1 heterocycles. The Hall–Kier alpha value is -0.830. The number of hydrogen-bond acceptors (Lipinski definition) is 2. The molecule has 1 atom stereocenters. The second-order valence-corrected chi connectivity index (χ2v) is 5.64. The summed E-state index contributed by atoms with van der Waals surface area (Å²) in [5.41, 5.74) is 1.63. The fourth-order valence-corrected chi connectivity index (χ4v) is 1.91. The van der Waals surface area contributed by atoms with Crippen molar-refractivity contribution in [3.63, 3.8) is 0 Å². The van der Waals surface area contributed by atoms with Gasteiger partial charge in [-0.05, 0) is 25.3 Å². The molecule has 0 bridgehead atoms. The zero-order chi connectivity index (χ0) is 12.2. The Morgan fingerprint density at radius 3 is 2.62 bits per heavy atom. The highest BCUT2D eigenvalue weighted by molar-refractivity contribution is 5.10. The Balaban J connectivity index is 2.71. The summed E-state index contributed by atoms with van der Waals surface area (Å²) in [7, 11) is 2.02. The Bertz CT molecular complexity index is 309. The third-order valence-electron chi connectivity index (χ3n) is 2.67. The molecule has 0 spiro atoms. The smallest absolute Gasteiger partial charge is 0.0537 e. The van der Waals surface area contributed by atoms with Gasteiger partial charge < -0.3 is 5.32 Å². The molecule has 1 aromatic heterocycles. The van der Waals surface area contributed by atoms with Gasteiger partial charge in [-0.3, -0.25) is 4.68 Å². The van der Waals surface area contributed by atoms with Gasteiger partial charge >= 0.3 is 0 Å². The largest absolute Gasteiger partial charge is 0.313 e. The summed E-state index contributed by atoms with van der Waals surface area (Å²) in [6, 6.07) is 0.408. The van der Waals surface area contributed by atoms with E-state index in [4.69, 9.17) is 0 Å². The van der Waals surface area contributed by atoms with Crippen LogP contribution < -0.4 is 5.32 Å². The maximum Gasteiger partial charge on any atom is 0.0537 e. The van der Waals surface area contributed by atoms with Gasteiger partial charge in [-0.1, -0.05) is 27.7 Å². The molecule has 16 heavy (non-hydrogen) atoms. The lowest BCUT2D eigenvalue weighted by Gasteiger charge is -2.24. The van der Waals surface area contributed by atoms with Crippen molar-refractivity contribution in [2.45, 2.75) is 53.1 Å². The van der Waals surface area contributed by atoms with Crippen LogP contribution in [0.5, 0.6) is 0 Å². The number of aryl methyl sites for hydroxylation is 1. The van der Waals surface area contributed by atoms with Crippen molar-refractivity contribution in [2.75, 3.05) is 7.05 Å². The van der Waals surface area contributed by atoms with Crippen LogP contribution in [-0.4, -0.2) is 16.8 Å². The van der Waals surface area contributed by atoms with Crippen LogP contribution in [-0.2, 0) is 6.54 Å². The minimum Gasteiger partial charge on any atom is -0.313 e. The van der Waals surface area contributed by atoms with E-state index < -0.39 is 0 Å². The third-order valence-corrected chi connectivity index (χ3v) is 2.67. The van der Waals surface area contributed by atoms with Gasteiger partial charge in [0.1, 0.15) is 0 Å². The number of aromatic nitrogens is 2. The first kappa shape index (κ1) is 13.2. The number of nitrogens with zero attached hydrogens (tertiary/aromatic N) is 2. The highest BCUT2D eigenvalue weighted by atomic mass is 15.3. The number of hydrogen-bond donors (Lipinski definition) is 1. The second kappa shape index (κ2) is 5.48. The van der Waals surface area contributed by atoms with E-state index in [1.54, 1.807) is 0 Å². The topological polar surface area (TPSA) is 29.9 Å². The minimum absolute atomic E-state index is 0.334. The molecule has 0 radical (unpaired) electrons. The van der Waals surface area contributed by atoms with E-state index in [0.29, 0.717) is 11.5 Å². The number of nitrogens with one attached hydrogen (secondary N) is 1. The molecular formula is C13H25N3. The van der Waals surface area contributed by atoms with E-state index >= 15 is 0 Å². The average molecular weight is 223 g/mol. The van der Waals surface area contributed by atoms with Crippen molar-refractivity contribution in [3.05, 3.63) is 18.0 Å². The van der Waals surface area contributed by atoms with Gasteiger partial charge in [-0.25, -0.2) is 0 Å². The van der Waals surface area contributed by atoms with E-state index in [-0.39, 0.29) is 0 Å². The summed E-state index contributed by atoms with van der Waals surface area (Å²) in [4.78, 5) is 0. The summed E-state index contributed by atoms with van der Waals surface area (Å²) in [5.74, 6) is 0. The van der Waals surface area contributed by atoms with E-state index in [1.165, 1.54) is 5.56 Å². The lowest BCUT2D eigenvalue weighted by atomic mass is 9.86. The third kappa shape index (κ3) is 3.97. The highest BCUT2D eigenvalue weighted by Crippen LogP contribution is 2.28. The molecule has 3 nitrogen and oxygen atoms in total. The zero-order valence-electron chi connectivity index (χ0n) is 11.2. The molecule has 1 aromatic rings. The molecule has 1 N–H and O–H groups in total. The van der Waals surface area contributed by atoms with Crippen molar-refractivity contribution in [1.82, 2.24) is 15.1 Å². The minimum atomic E-state index is 0.334. The van der Waals surface area contributed by atoms with Gasteiger partial charge in [0, 0.05) is 24.3 Å². The first-order valence-corrected chi connectivity index (χ1v) is 6.16. The van der Waals surface area contributed by atoms with Crippen molar-refractivity contribution in [1.29, 1.82) is 0 Å². The molecule has 1 rings (SSSR count). The molecule has 0 fully saturated rings. The summed E-state index contributed by atoms with van der Waals surface area (Å²) in [6.07, 6.45) is 6.41. The van der Waals surface area contributed by atoms with Crippen molar-refractivity contribution < 1.29 is 0 Å². The van der Waals surface area contributed by atoms with Crippen LogP contribution in [0.25, 0.3) is 0 Å². The summed E-state index contributed by atoms with van der Waals surface area (Å²) < 4.78 is 2.03. The van der Waals surface area contributed by atoms with Crippen LogP contribution in [0.3, 0.4) is 0 Å². The molecule has 0 aliphatic carbocycles. The molecule has 3 heteroatoms. The normalized spacial score (nSPS) is 14.1. The van der Waals surface area contributed by atoms with Gasteiger partial charge in [-0.2, -0.15) is 5.10 Å². The molecule has 92 valence electrons. The monoisotopic (exact) mass is 223 g/mol. The fourth-order valence-electron chi connectivity index (χ4n) is 1.91. The molecule has 1 unspecified atom stereocenters. The van der Waals surface area contributed by atoms with E-state index in [1.807, 2.05) is 17.9 Å². The predicted octanol–water partition coefficient (Wildman–Crippen LogP) is 2.99. The molecular weight excluding hydrogens is 198 g/mol. The molecule has 0 amide bonds. The Morgan fingerprint density at radius 1 is 1.44 bits per heavy atom. The quantitative estimate of drug-likeness (QED) is 0.831. The van der Waals surface area contributed by atoms with Crippen LogP contribution in [0.1, 0.15) is 52.1 Å². The number of rotatable bonds is 5.